The number of rotatable bonds is 5. The lowest BCUT2D eigenvalue weighted by atomic mass is 10.2. The summed E-state index contributed by atoms with van der Waals surface area (Å²) in [6.45, 7) is 5.74. The lowest BCUT2D eigenvalue weighted by molar-refractivity contribution is -0.385. The van der Waals surface area contributed by atoms with E-state index in [-0.39, 0.29) is 10.6 Å². The van der Waals surface area contributed by atoms with Gasteiger partial charge in [0, 0.05) is 48.1 Å². The van der Waals surface area contributed by atoms with Crippen molar-refractivity contribution in [2.45, 2.75) is 28.5 Å². The molecule has 2 aromatic carbocycles. The second-order valence-corrected chi connectivity index (χ2v) is 9.40. The molecular formula is C18H21N3O4S2. The maximum absolute atomic E-state index is 13.2. The van der Waals surface area contributed by atoms with Crippen LogP contribution in [0.1, 0.15) is 11.1 Å². The highest BCUT2D eigenvalue weighted by molar-refractivity contribution is 8.00. The van der Waals surface area contributed by atoms with Crippen LogP contribution >= 0.6 is 11.8 Å². The van der Waals surface area contributed by atoms with Crippen LogP contribution in [0, 0.1) is 24.0 Å². The molecule has 7 nitrogen and oxygen atoms in total. The average molecular weight is 408 g/mol. The molecule has 9 heteroatoms. The summed E-state index contributed by atoms with van der Waals surface area (Å²) in [5.41, 5.74) is 1.86. The summed E-state index contributed by atoms with van der Waals surface area (Å²) in [7, 11) is -3.82. The van der Waals surface area contributed by atoms with E-state index in [2.05, 4.69) is 5.32 Å². The van der Waals surface area contributed by atoms with Gasteiger partial charge in [0.05, 0.1) is 4.92 Å². The first-order valence-corrected chi connectivity index (χ1v) is 10.8. The van der Waals surface area contributed by atoms with Crippen molar-refractivity contribution < 1.29 is 13.3 Å². The van der Waals surface area contributed by atoms with E-state index in [1.54, 1.807) is 0 Å². The fourth-order valence-electron chi connectivity index (χ4n) is 2.86. The number of nitro groups is 1. The van der Waals surface area contributed by atoms with Crippen molar-refractivity contribution in [3.05, 3.63) is 57.6 Å². The molecule has 1 saturated heterocycles. The van der Waals surface area contributed by atoms with Gasteiger partial charge in [0.2, 0.25) is 10.0 Å². The minimum atomic E-state index is -3.82. The van der Waals surface area contributed by atoms with Crippen LogP contribution in [0.3, 0.4) is 0 Å². The largest absolute Gasteiger partial charge is 0.314 e. The molecule has 27 heavy (non-hydrogen) atoms. The van der Waals surface area contributed by atoms with Gasteiger partial charge < -0.3 is 5.32 Å². The van der Waals surface area contributed by atoms with E-state index in [1.807, 2.05) is 32.0 Å². The monoisotopic (exact) mass is 407 g/mol. The van der Waals surface area contributed by atoms with E-state index in [9.17, 15) is 18.5 Å². The minimum absolute atomic E-state index is 0.00972. The van der Waals surface area contributed by atoms with E-state index in [0.717, 1.165) is 16.0 Å². The molecule has 1 aliphatic heterocycles. The number of aryl methyl sites for hydroxylation is 2. The molecule has 144 valence electrons. The maximum Gasteiger partial charge on any atom is 0.270 e. The van der Waals surface area contributed by atoms with Crippen molar-refractivity contribution >= 4 is 27.5 Å². The Kier molecular flexibility index (Phi) is 5.85. The van der Waals surface area contributed by atoms with E-state index in [4.69, 9.17) is 0 Å². The Morgan fingerprint density at radius 1 is 1.07 bits per heavy atom. The van der Waals surface area contributed by atoms with Gasteiger partial charge >= 0.3 is 0 Å². The van der Waals surface area contributed by atoms with E-state index < -0.39 is 14.9 Å². The van der Waals surface area contributed by atoms with Gasteiger partial charge in [-0.25, -0.2) is 8.42 Å². The molecular weight excluding hydrogens is 386 g/mol. The number of sulfonamides is 1. The lowest BCUT2D eigenvalue weighted by Crippen LogP contribution is -2.46. The molecule has 1 aliphatic rings. The van der Waals surface area contributed by atoms with E-state index >= 15 is 0 Å². The second-order valence-electron chi connectivity index (χ2n) is 6.41. The zero-order chi connectivity index (χ0) is 19.6. The van der Waals surface area contributed by atoms with Gasteiger partial charge in [-0.05, 0) is 37.1 Å². The van der Waals surface area contributed by atoms with Crippen molar-refractivity contribution in [3.63, 3.8) is 0 Å². The summed E-state index contributed by atoms with van der Waals surface area (Å²) in [4.78, 5) is 12.1. The topological polar surface area (TPSA) is 92.5 Å². The molecule has 3 rings (SSSR count). The Hall–Kier alpha value is -1.94. The fraction of sp³-hybridized carbons (Fsp3) is 0.333. The third-order valence-electron chi connectivity index (χ3n) is 4.40. The number of piperazine rings is 1. The number of non-ortho nitro benzene ring substituents is 1. The predicted molar refractivity (Wildman–Crippen MR) is 105 cm³/mol. The highest BCUT2D eigenvalue weighted by atomic mass is 32.2. The van der Waals surface area contributed by atoms with Crippen LogP contribution in [-0.2, 0) is 10.0 Å². The first-order chi connectivity index (χ1) is 12.8. The number of nitrogens with one attached hydrogen (secondary N) is 1. The van der Waals surface area contributed by atoms with Gasteiger partial charge in [0.15, 0.2) is 0 Å². The third kappa shape index (κ3) is 4.32. The van der Waals surface area contributed by atoms with Crippen molar-refractivity contribution in [2.75, 3.05) is 26.2 Å². The zero-order valence-electron chi connectivity index (χ0n) is 15.1. The van der Waals surface area contributed by atoms with Gasteiger partial charge in [-0.3, -0.25) is 10.1 Å². The SMILES string of the molecule is Cc1ccc(C)c(Sc2ccc([N+](=O)[O-])cc2S(=O)(=O)N2CCNCC2)c1. The Morgan fingerprint density at radius 2 is 1.78 bits per heavy atom. The summed E-state index contributed by atoms with van der Waals surface area (Å²) in [6.07, 6.45) is 0. The Labute approximate surface area is 163 Å². The molecule has 1 N–H and O–H groups in total. The number of nitrogens with zero attached hydrogens (tertiary/aromatic N) is 2. The minimum Gasteiger partial charge on any atom is -0.314 e. The molecule has 0 atom stereocenters. The van der Waals surface area contributed by atoms with Crippen molar-refractivity contribution in [1.29, 1.82) is 0 Å². The molecule has 2 aromatic rings. The number of nitro benzene ring substituents is 1. The van der Waals surface area contributed by atoms with Crippen LogP contribution in [-0.4, -0.2) is 43.8 Å². The Morgan fingerprint density at radius 3 is 2.44 bits per heavy atom. The fourth-order valence-corrected chi connectivity index (χ4v) is 5.84. The van der Waals surface area contributed by atoms with Crippen molar-refractivity contribution in [2.24, 2.45) is 0 Å². The van der Waals surface area contributed by atoms with Crippen molar-refractivity contribution in [3.8, 4) is 0 Å². The molecule has 0 unspecified atom stereocenters. The number of hydrogen-bond acceptors (Lipinski definition) is 6. The normalized spacial score (nSPS) is 15.6. The number of benzene rings is 2. The summed E-state index contributed by atoms with van der Waals surface area (Å²) in [5.74, 6) is 0. The predicted octanol–water partition coefficient (Wildman–Crippen LogP) is 2.96. The molecule has 0 radical (unpaired) electrons. The van der Waals surface area contributed by atoms with Crippen LogP contribution in [0.5, 0.6) is 0 Å². The first-order valence-electron chi connectivity index (χ1n) is 8.53. The van der Waals surface area contributed by atoms with Gasteiger partial charge in [0.1, 0.15) is 4.90 Å². The van der Waals surface area contributed by atoms with E-state index in [1.165, 1.54) is 34.3 Å². The van der Waals surface area contributed by atoms with E-state index in [0.29, 0.717) is 31.1 Å². The first kappa shape index (κ1) is 19.8. The average Bonchev–Trinajstić information content (AvgIpc) is 2.65. The summed E-state index contributed by atoms with van der Waals surface area (Å²) >= 11 is 1.32. The smallest absolute Gasteiger partial charge is 0.270 e. The molecule has 0 spiro atoms. The van der Waals surface area contributed by atoms with Crippen LogP contribution in [0.25, 0.3) is 0 Å². The standard InChI is InChI=1S/C18H21N3O4S2/c1-13-3-4-14(2)17(11-13)26-16-6-5-15(21(22)23)12-18(16)27(24,25)20-9-7-19-8-10-20/h3-6,11-12,19H,7-10H2,1-2H3. The molecule has 0 saturated carbocycles. The number of hydrogen-bond donors (Lipinski definition) is 1. The van der Waals surface area contributed by atoms with Gasteiger partial charge in [-0.2, -0.15) is 4.31 Å². The van der Waals surface area contributed by atoms with Crippen molar-refractivity contribution in [1.82, 2.24) is 9.62 Å². The highest BCUT2D eigenvalue weighted by Gasteiger charge is 2.30. The molecule has 0 amide bonds. The molecule has 1 heterocycles. The Balaban J connectivity index is 2.08. The summed E-state index contributed by atoms with van der Waals surface area (Å²) < 4.78 is 27.8. The zero-order valence-corrected chi connectivity index (χ0v) is 16.8. The van der Waals surface area contributed by atoms with Gasteiger partial charge in [0.25, 0.3) is 5.69 Å². The highest BCUT2D eigenvalue weighted by Crippen LogP contribution is 2.38. The molecule has 0 bridgehead atoms. The van der Waals surface area contributed by atoms with Crippen LogP contribution in [0.4, 0.5) is 5.69 Å². The van der Waals surface area contributed by atoms with Crippen LogP contribution in [0.15, 0.2) is 51.1 Å². The van der Waals surface area contributed by atoms with Gasteiger partial charge in [-0.15, -0.1) is 0 Å². The van der Waals surface area contributed by atoms with Gasteiger partial charge in [-0.1, -0.05) is 23.9 Å². The summed E-state index contributed by atoms with van der Waals surface area (Å²) in [6, 6.07) is 10.0. The second kappa shape index (κ2) is 7.97. The van der Waals surface area contributed by atoms with Crippen LogP contribution < -0.4 is 5.32 Å². The quantitative estimate of drug-likeness (QED) is 0.605. The molecule has 0 aromatic heterocycles. The molecule has 1 fully saturated rings. The summed E-state index contributed by atoms with van der Waals surface area (Å²) in [5, 5.41) is 14.3. The third-order valence-corrected chi connectivity index (χ3v) is 7.70. The molecule has 0 aliphatic carbocycles. The Bertz CT molecular complexity index is 971. The maximum atomic E-state index is 13.2. The lowest BCUT2D eigenvalue weighted by Gasteiger charge is -2.27. The van der Waals surface area contributed by atoms with Crippen LogP contribution in [0.2, 0.25) is 0 Å².